The topological polar surface area (TPSA) is 64.3 Å². The number of carbonyl (C=O) groups is 1. The maximum atomic E-state index is 12.5. The quantitative estimate of drug-likeness (QED) is 0.696. The number of benzene rings is 1. The number of rotatable bonds is 7. The number of hydrogen-bond acceptors (Lipinski definition) is 3. The fourth-order valence-corrected chi connectivity index (χ4v) is 3.18. The van der Waals surface area contributed by atoms with Gasteiger partial charge in [-0.1, -0.05) is 0 Å². The van der Waals surface area contributed by atoms with Gasteiger partial charge in [0, 0.05) is 62.8 Å². The van der Waals surface area contributed by atoms with Gasteiger partial charge in [-0.05, 0) is 43.2 Å². The molecule has 0 aliphatic rings. The molecule has 0 fully saturated rings. The molecule has 7 heteroatoms. The van der Waals surface area contributed by atoms with Crippen molar-refractivity contribution in [3.63, 3.8) is 0 Å². The molecule has 2 amide bonds. The second-order valence-corrected chi connectivity index (χ2v) is 6.83. The van der Waals surface area contributed by atoms with Gasteiger partial charge in [0.2, 0.25) is 0 Å². The van der Waals surface area contributed by atoms with Crippen molar-refractivity contribution in [3.8, 4) is 0 Å². The Bertz CT molecular complexity index is 928. The number of likely N-dealkylation sites (N-methyl/N-ethyl adjacent to an activating group) is 1. The van der Waals surface area contributed by atoms with Gasteiger partial charge in [0.1, 0.15) is 0 Å². The lowest BCUT2D eigenvalue weighted by atomic mass is 10.2. The minimum Gasteiger partial charge on any atom is -0.383 e. The Hall–Kier alpha value is -2.80. The van der Waals surface area contributed by atoms with Crippen LogP contribution in [0.4, 0.5) is 10.5 Å². The number of nitrogens with one attached hydrogen (secondary N) is 1. The van der Waals surface area contributed by atoms with Crippen LogP contribution in [0.2, 0.25) is 0 Å². The molecule has 3 rings (SSSR count). The molecule has 2 aromatic heterocycles. The predicted molar refractivity (Wildman–Crippen MR) is 107 cm³/mol. The van der Waals surface area contributed by atoms with Gasteiger partial charge in [-0.15, -0.1) is 0 Å². The number of anilines is 1. The monoisotopic (exact) mass is 369 g/mol. The average Bonchev–Trinajstić information content (AvgIpc) is 3.19. The Kier molecular flexibility index (Phi) is 5.81. The lowest BCUT2D eigenvalue weighted by Crippen LogP contribution is -2.32. The lowest BCUT2D eigenvalue weighted by Gasteiger charge is -2.17. The van der Waals surface area contributed by atoms with Crippen LogP contribution in [0.15, 0.2) is 36.7 Å². The summed E-state index contributed by atoms with van der Waals surface area (Å²) in [4.78, 5) is 14.1. The summed E-state index contributed by atoms with van der Waals surface area (Å²) < 4.78 is 9.19. The fourth-order valence-electron chi connectivity index (χ4n) is 3.18. The van der Waals surface area contributed by atoms with Gasteiger partial charge in [-0.25, -0.2) is 4.79 Å². The van der Waals surface area contributed by atoms with Crippen molar-refractivity contribution in [2.45, 2.75) is 19.9 Å². The van der Waals surface area contributed by atoms with E-state index in [2.05, 4.69) is 28.0 Å². The van der Waals surface area contributed by atoms with Gasteiger partial charge >= 0.3 is 6.03 Å². The zero-order chi connectivity index (χ0) is 19.4. The fraction of sp³-hybridized carbons (Fsp3) is 0.400. The number of urea groups is 1. The van der Waals surface area contributed by atoms with E-state index in [1.165, 1.54) is 5.69 Å². The second kappa shape index (κ2) is 8.26. The Morgan fingerprint density at radius 1 is 1.33 bits per heavy atom. The maximum absolute atomic E-state index is 12.5. The molecule has 3 aromatic rings. The summed E-state index contributed by atoms with van der Waals surface area (Å²) >= 11 is 0. The summed E-state index contributed by atoms with van der Waals surface area (Å²) in [5.74, 6) is 0. The van der Waals surface area contributed by atoms with Gasteiger partial charge in [0.25, 0.3) is 0 Å². The highest BCUT2D eigenvalue weighted by molar-refractivity contribution is 5.93. The zero-order valence-corrected chi connectivity index (χ0v) is 16.4. The SMILES string of the molecule is COCCn1c(C)cc2cc(NC(=O)N(C)CCc3cnn(C)c3)ccc21. The normalized spacial score (nSPS) is 11.1. The van der Waals surface area contributed by atoms with E-state index in [-0.39, 0.29) is 6.03 Å². The lowest BCUT2D eigenvalue weighted by molar-refractivity contribution is 0.188. The third-order valence-corrected chi connectivity index (χ3v) is 4.72. The number of nitrogens with zero attached hydrogens (tertiary/aromatic N) is 4. The van der Waals surface area contributed by atoms with Crippen LogP contribution in [-0.2, 0) is 24.8 Å². The molecule has 0 aliphatic heterocycles. The molecule has 0 saturated heterocycles. The van der Waals surface area contributed by atoms with Gasteiger partial charge in [0.05, 0.1) is 12.8 Å². The molecule has 0 atom stereocenters. The van der Waals surface area contributed by atoms with Crippen LogP contribution < -0.4 is 5.32 Å². The van der Waals surface area contributed by atoms with Crippen molar-refractivity contribution in [2.24, 2.45) is 7.05 Å². The van der Waals surface area contributed by atoms with Crippen LogP contribution in [-0.4, -0.2) is 52.6 Å². The highest BCUT2D eigenvalue weighted by Gasteiger charge is 2.11. The number of aromatic nitrogens is 3. The van der Waals surface area contributed by atoms with E-state index in [9.17, 15) is 4.79 Å². The molecule has 0 bridgehead atoms. The van der Waals surface area contributed by atoms with Gasteiger partial charge in [-0.2, -0.15) is 5.10 Å². The van der Waals surface area contributed by atoms with E-state index >= 15 is 0 Å². The molecular formula is C20H27N5O2. The number of aryl methyl sites for hydroxylation is 2. The molecule has 0 radical (unpaired) electrons. The van der Waals surface area contributed by atoms with Crippen molar-refractivity contribution in [1.29, 1.82) is 0 Å². The van der Waals surface area contributed by atoms with Crippen LogP contribution in [0.3, 0.4) is 0 Å². The molecule has 0 aliphatic carbocycles. The summed E-state index contributed by atoms with van der Waals surface area (Å²) in [6.45, 7) is 4.20. The number of ether oxygens (including phenoxy) is 1. The van der Waals surface area contributed by atoms with E-state index in [4.69, 9.17) is 4.74 Å². The first kappa shape index (κ1) is 19.0. The molecule has 1 aromatic carbocycles. The number of fused-ring (bicyclic) bond motifs is 1. The van der Waals surface area contributed by atoms with Crippen LogP contribution >= 0.6 is 0 Å². The Balaban J connectivity index is 1.63. The van der Waals surface area contributed by atoms with E-state index in [1.807, 2.05) is 37.6 Å². The largest absolute Gasteiger partial charge is 0.383 e. The molecule has 27 heavy (non-hydrogen) atoms. The van der Waals surface area contributed by atoms with Crippen molar-refractivity contribution in [2.75, 3.05) is 32.6 Å². The molecule has 0 saturated carbocycles. The molecule has 7 nitrogen and oxygen atoms in total. The van der Waals surface area contributed by atoms with Crippen LogP contribution in [0.5, 0.6) is 0 Å². The van der Waals surface area contributed by atoms with Gasteiger partial charge in [-0.3, -0.25) is 4.68 Å². The predicted octanol–water partition coefficient (Wildman–Crippen LogP) is 3.04. The maximum Gasteiger partial charge on any atom is 0.321 e. The summed E-state index contributed by atoms with van der Waals surface area (Å²) in [6.07, 6.45) is 4.57. The van der Waals surface area contributed by atoms with Crippen molar-refractivity contribution in [1.82, 2.24) is 19.2 Å². The molecule has 1 N–H and O–H groups in total. The standard InChI is InChI=1S/C20H27N5O2/c1-15-11-17-12-18(5-6-19(17)25(15)9-10-27-4)22-20(26)23(2)8-7-16-13-21-24(3)14-16/h5-6,11-14H,7-10H2,1-4H3,(H,22,26). The van der Waals surface area contributed by atoms with E-state index in [0.717, 1.165) is 35.1 Å². The van der Waals surface area contributed by atoms with E-state index in [0.29, 0.717) is 13.2 Å². The average molecular weight is 369 g/mol. The number of amides is 2. The number of methoxy groups -OCH3 is 1. The molecule has 144 valence electrons. The highest BCUT2D eigenvalue weighted by Crippen LogP contribution is 2.23. The van der Waals surface area contributed by atoms with Crippen molar-refractivity contribution in [3.05, 3.63) is 47.9 Å². The van der Waals surface area contributed by atoms with Crippen LogP contribution in [0.1, 0.15) is 11.3 Å². The Morgan fingerprint density at radius 3 is 2.85 bits per heavy atom. The van der Waals surface area contributed by atoms with Crippen LogP contribution in [0.25, 0.3) is 10.9 Å². The summed E-state index contributed by atoms with van der Waals surface area (Å²) in [5, 5.41) is 8.24. The van der Waals surface area contributed by atoms with Gasteiger partial charge < -0.3 is 19.5 Å². The molecule has 0 spiro atoms. The second-order valence-electron chi connectivity index (χ2n) is 6.83. The summed E-state index contributed by atoms with van der Waals surface area (Å²) in [5.41, 5.74) is 4.24. The molecule has 0 unspecified atom stereocenters. The first-order valence-electron chi connectivity index (χ1n) is 9.06. The smallest absolute Gasteiger partial charge is 0.321 e. The third kappa shape index (κ3) is 4.49. The highest BCUT2D eigenvalue weighted by atomic mass is 16.5. The Morgan fingerprint density at radius 2 is 2.15 bits per heavy atom. The number of hydrogen-bond donors (Lipinski definition) is 1. The van der Waals surface area contributed by atoms with Gasteiger partial charge in [0.15, 0.2) is 0 Å². The minimum atomic E-state index is -0.117. The van der Waals surface area contributed by atoms with E-state index in [1.54, 1.807) is 23.7 Å². The first-order chi connectivity index (χ1) is 13.0. The number of carbonyl (C=O) groups excluding carboxylic acids is 1. The van der Waals surface area contributed by atoms with Crippen LogP contribution in [0, 0.1) is 6.92 Å². The third-order valence-electron chi connectivity index (χ3n) is 4.72. The van der Waals surface area contributed by atoms with Crippen molar-refractivity contribution >= 4 is 22.6 Å². The molecular weight excluding hydrogens is 342 g/mol. The zero-order valence-electron chi connectivity index (χ0n) is 16.4. The first-order valence-corrected chi connectivity index (χ1v) is 9.06. The summed E-state index contributed by atoms with van der Waals surface area (Å²) in [6, 6.07) is 8.01. The summed E-state index contributed by atoms with van der Waals surface area (Å²) in [7, 11) is 5.40. The molecule has 2 heterocycles. The van der Waals surface area contributed by atoms with E-state index < -0.39 is 0 Å². The van der Waals surface area contributed by atoms with Crippen molar-refractivity contribution < 1.29 is 9.53 Å². The minimum absolute atomic E-state index is 0.117. The Labute approximate surface area is 159 Å².